The van der Waals surface area contributed by atoms with Crippen LogP contribution in [0.3, 0.4) is 0 Å². The number of hydrogen-bond donors (Lipinski definition) is 11. The summed E-state index contributed by atoms with van der Waals surface area (Å²) in [6.07, 6.45) is 9.26. The fourth-order valence-corrected chi connectivity index (χ4v) is 8.01. The molecule has 0 spiro atoms. The number of anilines is 1. The number of benzene rings is 3. The summed E-state index contributed by atoms with van der Waals surface area (Å²) < 4.78 is 21.2. The maximum absolute atomic E-state index is 12.3. The topological polar surface area (TPSA) is 362 Å². The van der Waals surface area contributed by atoms with Gasteiger partial charge < -0.3 is 81.7 Å². The first-order valence-electron chi connectivity index (χ1n) is 30.8. The Morgan fingerprint density at radius 3 is 1.90 bits per heavy atom. The molecule has 5 amide bonds. The van der Waals surface area contributed by atoms with Gasteiger partial charge in [0.15, 0.2) is 6.10 Å². The van der Waals surface area contributed by atoms with E-state index in [1.54, 1.807) is 54.3 Å². The number of carboxylic acids is 2. The monoisotopic (exact) mass is 1310 g/mol. The normalized spacial score (nSPS) is 13.9. The van der Waals surface area contributed by atoms with E-state index >= 15 is 0 Å². The number of rotatable bonds is 34. The second-order valence-corrected chi connectivity index (χ2v) is 21.5. The molecule has 518 valence electrons. The van der Waals surface area contributed by atoms with Gasteiger partial charge in [-0.1, -0.05) is 116 Å². The summed E-state index contributed by atoms with van der Waals surface area (Å²) in [7, 11) is 7.01. The summed E-state index contributed by atoms with van der Waals surface area (Å²) in [6, 6.07) is 19.7. The lowest BCUT2D eigenvalue weighted by molar-refractivity contribution is -0.167. The van der Waals surface area contributed by atoms with Crippen molar-refractivity contribution in [3.8, 4) is 5.75 Å². The SMILES string of the molecule is CC.CC(C)C(NC(=O)CCCC(=O)O)C(=O)N[C@H](C=O)CCCNC(N)=O.CNCC(C)C(=O)O[C@@H](CC(C)C)C(=O)O.CNCC=O.CNc1ccc(COC(=O)NCc2ccc(C3OC3[C@@H](C)CC/C=C/C=O)cc2)cc1.COc1ccc(C)cc1C.CS. The van der Waals surface area contributed by atoms with Crippen molar-refractivity contribution in [3.63, 3.8) is 0 Å². The van der Waals surface area contributed by atoms with E-state index in [2.05, 4.69) is 81.9 Å². The number of aldehydes is 3. The molecule has 3 aromatic carbocycles. The van der Waals surface area contributed by atoms with Gasteiger partial charge in [-0.05, 0) is 137 Å². The smallest absolute Gasteiger partial charge is 0.407 e. The molecule has 1 fully saturated rings. The van der Waals surface area contributed by atoms with Gasteiger partial charge in [0.25, 0.3) is 0 Å². The summed E-state index contributed by atoms with van der Waals surface area (Å²) >= 11 is 3.53. The minimum absolute atomic E-state index is 0.00129. The average Bonchev–Trinajstić information content (AvgIpc) is 1.66. The molecule has 1 aliphatic rings. The third-order valence-corrected chi connectivity index (χ3v) is 13.0. The van der Waals surface area contributed by atoms with Crippen LogP contribution < -0.4 is 47.7 Å². The van der Waals surface area contributed by atoms with Crippen molar-refractivity contribution in [2.24, 2.45) is 29.4 Å². The Kier molecular flexibility index (Phi) is 52.6. The van der Waals surface area contributed by atoms with Gasteiger partial charge in [0.1, 0.15) is 43.4 Å². The zero-order valence-corrected chi connectivity index (χ0v) is 57.7. The van der Waals surface area contributed by atoms with Crippen LogP contribution >= 0.6 is 12.6 Å². The Hall–Kier alpha value is -7.87. The molecule has 25 heteroatoms. The quantitative estimate of drug-likeness (QED) is 0.00667. The van der Waals surface area contributed by atoms with Crippen molar-refractivity contribution >= 4 is 79.0 Å². The van der Waals surface area contributed by atoms with Gasteiger partial charge in [-0.25, -0.2) is 14.4 Å². The number of esters is 1. The number of aryl methyl sites for hydroxylation is 2. The van der Waals surface area contributed by atoms with E-state index in [9.17, 15) is 47.9 Å². The molecule has 0 aliphatic carbocycles. The van der Waals surface area contributed by atoms with Crippen LogP contribution in [0.15, 0.2) is 78.9 Å². The fourth-order valence-electron chi connectivity index (χ4n) is 8.01. The minimum atomic E-state index is -1.08. The molecule has 4 unspecified atom stereocenters. The van der Waals surface area contributed by atoms with Gasteiger partial charge in [0.05, 0.1) is 31.7 Å². The van der Waals surface area contributed by atoms with E-state index in [1.807, 2.05) is 96.3 Å². The molecule has 1 heterocycles. The van der Waals surface area contributed by atoms with Gasteiger partial charge in [-0.3, -0.25) is 24.0 Å². The predicted octanol–water partition coefficient (Wildman–Crippen LogP) is 8.45. The number of likely N-dealkylation sites (N-methyl/N-ethyl adjacent to an activating group) is 1. The van der Waals surface area contributed by atoms with Crippen LogP contribution in [0.25, 0.3) is 0 Å². The minimum Gasteiger partial charge on any atom is -0.496 e. The zero-order chi connectivity index (χ0) is 70.6. The number of primary amides is 1. The Labute approximate surface area is 551 Å². The predicted molar refractivity (Wildman–Crippen MR) is 363 cm³/mol. The number of hydrogen-bond acceptors (Lipinski definition) is 18. The van der Waals surface area contributed by atoms with Gasteiger partial charge in [-0.15, -0.1) is 0 Å². The number of aliphatic carboxylic acids is 2. The molecule has 1 saturated heterocycles. The number of methoxy groups -OCH3 is 1. The zero-order valence-electron chi connectivity index (χ0n) is 56.8. The van der Waals surface area contributed by atoms with E-state index in [-0.39, 0.29) is 62.4 Å². The maximum Gasteiger partial charge on any atom is 0.407 e. The molecular formula is C67H108N8O16S. The Morgan fingerprint density at radius 1 is 0.783 bits per heavy atom. The lowest BCUT2D eigenvalue weighted by Gasteiger charge is -2.23. The van der Waals surface area contributed by atoms with E-state index < -0.39 is 60.0 Å². The number of carbonyl (C=O) groups excluding carboxylic acids is 8. The summed E-state index contributed by atoms with van der Waals surface area (Å²) in [5, 5.41) is 36.3. The molecule has 3 aromatic rings. The summed E-state index contributed by atoms with van der Waals surface area (Å²) in [5.41, 5.74) is 11.5. The standard InChI is InChI=1S/C25H30N2O4.C16H28N4O6.C11H21NO4.C9H12O.C3H7NO.C2H6.CH4S/c1-18(6-4-3-5-15-28)23-24(31-23)21-11-7-19(8-12-21)16-27-25(29)30-17-20-9-13-22(26-2)14-10-20;1-10(2)14(20-12(22)6-3-7-13(23)24)15(25)19-11(9-21)5-4-8-18-16(17)26;1-7(2)5-9(10(13)14)16-11(15)8(3)6-12-4;1-7-4-5-9(10-3)8(2)6-7;1-4-2-3-5;2*1-2/h3,5,7-15,18,23-24,26H,4,6,16-17H2,1-2H3,(H,27,29);9-11,14H,3-8H2,1-2H3,(H,19,25)(H,20,22)(H,23,24)(H3,17,18,26);7-9,12H,5-6H2,1-4H3,(H,13,14);4-6H,1-3H3;3-4H,2H2,1H3;1-2H3;2H,1H3/b5-3+;;;;;;/t18-,23?,24?;11-,14?;8?,9-;;;;/m000..../s1. The molecule has 0 bridgehead atoms. The van der Waals surface area contributed by atoms with E-state index in [0.29, 0.717) is 51.1 Å². The van der Waals surface area contributed by atoms with E-state index in [0.717, 1.165) is 53.5 Å². The number of urea groups is 1. The number of allylic oxidation sites excluding steroid dienone is 2. The van der Waals surface area contributed by atoms with Crippen LogP contribution in [0, 0.1) is 37.5 Å². The van der Waals surface area contributed by atoms with E-state index in [1.165, 1.54) is 11.1 Å². The number of thiol groups is 1. The van der Waals surface area contributed by atoms with Crippen molar-refractivity contribution in [2.75, 3.05) is 59.5 Å². The maximum atomic E-state index is 12.3. The highest BCUT2D eigenvalue weighted by Crippen LogP contribution is 2.44. The number of carboxylic acid groups (broad SMARTS) is 2. The molecule has 11 N–H and O–H groups in total. The van der Waals surface area contributed by atoms with Gasteiger partial charge in [-0.2, -0.15) is 12.6 Å². The summed E-state index contributed by atoms with van der Waals surface area (Å²) in [5.74, 6) is -2.44. The van der Waals surface area contributed by atoms with Crippen LogP contribution in [-0.2, 0) is 65.7 Å². The number of nitrogens with one attached hydrogen (secondary N) is 7. The second kappa shape index (κ2) is 54.8. The molecule has 0 radical (unpaired) electrons. The molecule has 24 nitrogen and oxygen atoms in total. The lowest BCUT2D eigenvalue weighted by atomic mass is 9.96. The molecule has 92 heavy (non-hydrogen) atoms. The van der Waals surface area contributed by atoms with Crippen LogP contribution in [0.4, 0.5) is 15.3 Å². The molecule has 0 saturated carbocycles. The molecular weight excluding hydrogens is 1200 g/mol. The molecule has 4 rings (SSSR count). The third kappa shape index (κ3) is 43.8. The lowest BCUT2D eigenvalue weighted by Crippen LogP contribution is -2.52. The van der Waals surface area contributed by atoms with Crippen molar-refractivity contribution in [2.45, 2.75) is 164 Å². The average molecular weight is 1310 g/mol. The van der Waals surface area contributed by atoms with Crippen molar-refractivity contribution in [1.29, 1.82) is 0 Å². The fraction of sp³-hybridized carbons (Fsp3) is 0.552. The van der Waals surface area contributed by atoms with Crippen LogP contribution in [0.2, 0.25) is 0 Å². The first-order chi connectivity index (χ1) is 43.8. The number of epoxide rings is 1. The van der Waals surface area contributed by atoms with Crippen molar-refractivity contribution in [3.05, 3.63) is 107 Å². The Bertz CT molecular complexity index is 2590. The number of ether oxygens (including phenoxy) is 4. The van der Waals surface area contributed by atoms with Crippen molar-refractivity contribution in [1.82, 2.24) is 31.9 Å². The van der Waals surface area contributed by atoms with Gasteiger partial charge >= 0.3 is 30.0 Å². The number of carbonyl (C=O) groups is 10. The third-order valence-electron chi connectivity index (χ3n) is 13.0. The van der Waals surface area contributed by atoms with E-state index in [4.69, 9.17) is 34.9 Å². The Balaban J connectivity index is -0.00000116. The first kappa shape index (κ1) is 88.3. The van der Waals surface area contributed by atoms with Crippen molar-refractivity contribution < 1.29 is 77.1 Å². The Morgan fingerprint density at radius 2 is 1.41 bits per heavy atom. The van der Waals surface area contributed by atoms with Crippen LogP contribution in [-0.4, -0.2) is 149 Å². The summed E-state index contributed by atoms with van der Waals surface area (Å²) in [4.78, 5) is 110. The van der Waals surface area contributed by atoms with Gasteiger partial charge in [0, 0.05) is 45.2 Å². The molecule has 0 aromatic heterocycles. The van der Waals surface area contributed by atoms with Gasteiger partial charge in [0.2, 0.25) is 11.8 Å². The largest absolute Gasteiger partial charge is 0.496 e. The molecule has 7 atom stereocenters. The highest BCUT2D eigenvalue weighted by molar-refractivity contribution is 7.79. The number of nitrogens with two attached hydrogens (primary N) is 1. The molecule has 1 aliphatic heterocycles. The highest BCUT2D eigenvalue weighted by atomic mass is 32.1. The second-order valence-electron chi connectivity index (χ2n) is 21.5. The highest BCUT2D eigenvalue weighted by Gasteiger charge is 2.43. The summed E-state index contributed by atoms with van der Waals surface area (Å²) in [6.45, 7) is 21.1. The van der Waals surface area contributed by atoms with Crippen LogP contribution in [0.5, 0.6) is 5.75 Å². The number of alkyl carbamates (subject to hydrolysis) is 1. The number of amides is 5. The van der Waals surface area contributed by atoms with Crippen LogP contribution in [0.1, 0.15) is 141 Å². The first-order valence-corrected chi connectivity index (χ1v) is 31.7.